The molecule has 0 atom stereocenters. The molecule has 0 N–H and O–H groups in total. The molecule has 62 valence electrons. The van der Waals surface area contributed by atoms with Crippen LogP contribution in [0.4, 0.5) is 0 Å². The fraction of sp³-hybridized carbons (Fsp3) is 0.250. The minimum atomic E-state index is 0.764. The van der Waals surface area contributed by atoms with Crippen molar-refractivity contribution in [3.8, 4) is 11.3 Å². The van der Waals surface area contributed by atoms with E-state index in [9.17, 15) is 0 Å². The van der Waals surface area contributed by atoms with Crippen LogP contribution in [0.2, 0.25) is 0 Å². The van der Waals surface area contributed by atoms with E-state index in [1.54, 1.807) is 17.1 Å². The van der Waals surface area contributed by atoms with Crippen LogP contribution in [0.5, 0.6) is 0 Å². The Balaban J connectivity index is 2.55. The van der Waals surface area contributed by atoms with Gasteiger partial charge in [0.05, 0.1) is 18.0 Å². The summed E-state index contributed by atoms with van der Waals surface area (Å²) in [6.45, 7) is 1.99. The highest BCUT2D eigenvalue weighted by molar-refractivity contribution is 5.58. The lowest BCUT2D eigenvalue weighted by Crippen LogP contribution is -1.92. The molecule has 0 amide bonds. The summed E-state index contributed by atoms with van der Waals surface area (Å²) in [6.07, 6.45) is 3.40. The van der Waals surface area contributed by atoms with E-state index in [-0.39, 0.29) is 0 Å². The van der Waals surface area contributed by atoms with Crippen molar-refractivity contribution in [1.82, 2.24) is 14.9 Å². The van der Waals surface area contributed by atoms with Gasteiger partial charge in [-0.3, -0.25) is 4.68 Å². The van der Waals surface area contributed by atoms with Crippen LogP contribution in [0, 0.1) is 6.92 Å². The topological polar surface area (TPSA) is 43.9 Å². The third-order valence-electron chi connectivity index (χ3n) is 1.94. The monoisotopic (exact) mass is 163 g/mol. The molecule has 0 aliphatic rings. The fourth-order valence-corrected chi connectivity index (χ4v) is 1.10. The first-order valence-electron chi connectivity index (χ1n) is 3.68. The van der Waals surface area contributed by atoms with Gasteiger partial charge in [-0.25, -0.2) is 0 Å². The Kier molecular flexibility index (Phi) is 1.46. The second-order valence-electron chi connectivity index (χ2n) is 2.64. The number of aromatic nitrogens is 3. The molecule has 0 radical (unpaired) electrons. The molecule has 0 saturated heterocycles. The molecule has 0 spiro atoms. The summed E-state index contributed by atoms with van der Waals surface area (Å²) in [7, 11) is 1.90. The van der Waals surface area contributed by atoms with E-state index in [2.05, 4.69) is 10.3 Å². The quantitative estimate of drug-likeness (QED) is 0.638. The van der Waals surface area contributed by atoms with Crippen molar-refractivity contribution in [2.45, 2.75) is 6.92 Å². The highest BCUT2D eigenvalue weighted by atomic mass is 16.5. The van der Waals surface area contributed by atoms with Crippen molar-refractivity contribution in [2.24, 2.45) is 7.05 Å². The van der Waals surface area contributed by atoms with Gasteiger partial charge in [-0.1, -0.05) is 5.16 Å². The zero-order valence-electron chi connectivity index (χ0n) is 6.98. The molecule has 0 unspecified atom stereocenters. The van der Waals surface area contributed by atoms with Crippen molar-refractivity contribution >= 4 is 0 Å². The van der Waals surface area contributed by atoms with Crippen molar-refractivity contribution in [3.05, 3.63) is 24.2 Å². The zero-order chi connectivity index (χ0) is 8.55. The van der Waals surface area contributed by atoms with Crippen LogP contribution in [0.15, 0.2) is 23.0 Å². The average molecular weight is 163 g/mol. The van der Waals surface area contributed by atoms with E-state index in [1.165, 1.54) is 0 Å². The number of rotatable bonds is 1. The van der Waals surface area contributed by atoms with Gasteiger partial charge in [0.25, 0.3) is 0 Å². The van der Waals surface area contributed by atoms with Crippen molar-refractivity contribution in [2.75, 3.05) is 0 Å². The molecule has 2 heterocycles. The van der Waals surface area contributed by atoms with Gasteiger partial charge in [0, 0.05) is 18.8 Å². The van der Waals surface area contributed by atoms with Crippen LogP contribution in [0.3, 0.4) is 0 Å². The van der Waals surface area contributed by atoms with Gasteiger partial charge in [-0.15, -0.1) is 0 Å². The standard InChI is InChI=1S/C8H9N3O/c1-6-7(5-9-11(6)2)8-3-4-10-12-8/h3-5H,1-2H3. The molecule has 2 aromatic heterocycles. The van der Waals surface area contributed by atoms with Gasteiger partial charge in [-0.05, 0) is 6.92 Å². The Morgan fingerprint density at radius 2 is 2.33 bits per heavy atom. The third kappa shape index (κ3) is 0.922. The Hall–Kier alpha value is -1.58. The van der Waals surface area contributed by atoms with Crippen molar-refractivity contribution in [1.29, 1.82) is 0 Å². The Morgan fingerprint density at radius 3 is 2.83 bits per heavy atom. The summed E-state index contributed by atoms with van der Waals surface area (Å²) >= 11 is 0. The molecular formula is C8H9N3O. The summed E-state index contributed by atoms with van der Waals surface area (Å²) in [5.74, 6) is 0.764. The predicted octanol–water partition coefficient (Wildman–Crippen LogP) is 1.38. The highest BCUT2D eigenvalue weighted by Gasteiger charge is 2.08. The van der Waals surface area contributed by atoms with E-state index in [4.69, 9.17) is 4.52 Å². The second-order valence-corrected chi connectivity index (χ2v) is 2.64. The molecule has 4 heteroatoms. The molecule has 2 aromatic rings. The van der Waals surface area contributed by atoms with Gasteiger partial charge >= 0.3 is 0 Å². The summed E-state index contributed by atoms with van der Waals surface area (Å²) < 4.78 is 6.81. The van der Waals surface area contributed by atoms with Gasteiger partial charge in [-0.2, -0.15) is 5.10 Å². The highest BCUT2D eigenvalue weighted by Crippen LogP contribution is 2.21. The molecular weight excluding hydrogens is 154 g/mol. The van der Waals surface area contributed by atoms with Gasteiger partial charge in [0.15, 0.2) is 5.76 Å². The number of aryl methyl sites for hydroxylation is 1. The lowest BCUT2D eigenvalue weighted by Gasteiger charge is -1.94. The molecule has 12 heavy (non-hydrogen) atoms. The second kappa shape index (κ2) is 2.48. The molecule has 0 saturated carbocycles. The van der Waals surface area contributed by atoms with E-state index in [0.717, 1.165) is 17.0 Å². The van der Waals surface area contributed by atoms with Crippen LogP contribution in [-0.4, -0.2) is 14.9 Å². The summed E-state index contributed by atoms with van der Waals surface area (Å²) in [4.78, 5) is 0. The number of hydrogen-bond donors (Lipinski definition) is 0. The van der Waals surface area contributed by atoms with Crippen molar-refractivity contribution in [3.63, 3.8) is 0 Å². The first kappa shape index (κ1) is 7.09. The van der Waals surface area contributed by atoms with Crippen molar-refractivity contribution < 1.29 is 4.52 Å². The van der Waals surface area contributed by atoms with Crippen LogP contribution >= 0.6 is 0 Å². The first-order chi connectivity index (χ1) is 5.79. The van der Waals surface area contributed by atoms with Gasteiger partial charge in [0.2, 0.25) is 0 Å². The maximum Gasteiger partial charge on any atom is 0.170 e. The average Bonchev–Trinajstić information content (AvgIpc) is 2.64. The summed E-state index contributed by atoms with van der Waals surface area (Å²) in [6, 6.07) is 1.82. The van der Waals surface area contributed by atoms with Crippen LogP contribution in [-0.2, 0) is 7.05 Å². The van der Waals surface area contributed by atoms with E-state index >= 15 is 0 Å². The van der Waals surface area contributed by atoms with Gasteiger partial charge < -0.3 is 4.52 Å². The SMILES string of the molecule is Cc1c(-c2ccno2)cnn1C. The maximum atomic E-state index is 5.01. The lowest BCUT2D eigenvalue weighted by molar-refractivity contribution is 0.432. The number of nitrogens with zero attached hydrogens (tertiary/aromatic N) is 3. The largest absolute Gasteiger partial charge is 0.356 e. The van der Waals surface area contributed by atoms with Crippen LogP contribution < -0.4 is 0 Å². The minimum Gasteiger partial charge on any atom is -0.356 e. The molecule has 4 nitrogen and oxygen atoms in total. The number of hydrogen-bond acceptors (Lipinski definition) is 3. The Morgan fingerprint density at radius 1 is 1.50 bits per heavy atom. The maximum absolute atomic E-state index is 5.01. The minimum absolute atomic E-state index is 0.764. The third-order valence-corrected chi connectivity index (χ3v) is 1.94. The fourth-order valence-electron chi connectivity index (χ4n) is 1.10. The summed E-state index contributed by atoms with van der Waals surface area (Å²) in [5.41, 5.74) is 2.07. The zero-order valence-corrected chi connectivity index (χ0v) is 6.98. The van der Waals surface area contributed by atoms with E-state index < -0.39 is 0 Å². The molecule has 0 fully saturated rings. The molecule has 2 rings (SSSR count). The summed E-state index contributed by atoms with van der Waals surface area (Å²) in [5, 5.41) is 7.74. The Bertz CT molecular complexity index is 375. The molecule has 0 bridgehead atoms. The molecule has 0 aromatic carbocycles. The normalized spacial score (nSPS) is 10.5. The molecule has 0 aliphatic heterocycles. The lowest BCUT2D eigenvalue weighted by atomic mass is 10.2. The Labute approximate surface area is 69.8 Å². The predicted molar refractivity (Wildman–Crippen MR) is 43.4 cm³/mol. The van der Waals surface area contributed by atoms with Crippen LogP contribution in [0.1, 0.15) is 5.69 Å². The smallest absolute Gasteiger partial charge is 0.170 e. The van der Waals surface area contributed by atoms with Gasteiger partial charge in [0.1, 0.15) is 0 Å². The molecule has 0 aliphatic carbocycles. The van der Waals surface area contributed by atoms with Crippen LogP contribution in [0.25, 0.3) is 11.3 Å². The van der Waals surface area contributed by atoms with E-state index in [0.29, 0.717) is 0 Å². The first-order valence-corrected chi connectivity index (χ1v) is 3.68. The van der Waals surface area contributed by atoms with E-state index in [1.807, 2.05) is 20.0 Å².